The number of aryl methyl sites for hydroxylation is 1. The maximum atomic E-state index is 13.5. The van der Waals surface area contributed by atoms with Crippen molar-refractivity contribution in [1.29, 1.82) is 0 Å². The molecule has 0 saturated heterocycles. The third-order valence-electron chi connectivity index (χ3n) is 5.08. The minimum absolute atomic E-state index is 0.00345. The van der Waals surface area contributed by atoms with E-state index in [0.717, 1.165) is 20.3 Å². The van der Waals surface area contributed by atoms with Crippen molar-refractivity contribution in [2.45, 2.75) is 18.2 Å². The summed E-state index contributed by atoms with van der Waals surface area (Å²) in [6.45, 7) is 1.67. The maximum Gasteiger partial charge on any atom is 0.255 e. The van der Waals surface area contributed by atoms with Crippen LogP contribution in [0.2, 0.25) is 0 Å². The Hall–Kier alpha value is -3.21. The molecule has 0 aliphatic carbocycles. The van der Waals surface area contributed by atoms with Gasteiger partial charge in [-0.05, 0) is 48.1 Å². The van der Waals surface area contributed by atoms with Gasteiger partial charge >= 0.3 is 0 Å². The molecule has 3 aromatic rings. The number of sulfonamides is 1. The van der Waals surface area contributed by atoms with Crippen LogP contribution in [0.5, 0.6) is 11.5 Å². The van der Waals surface area contributed by atoms with Gasteiger partial charge in [-0.2, -0.15) is 9.41 Å². The molecule has 34 heavy (non-hydrogen) atoms. The van der Waals surface area contributed by atoms with Crippen LogP contribution in [0.3, 0.4) is 0 Å². The molecule has 0 fully saturated rings. The first-order valence-electron chi connectivity index (χ1n) is 10.5. The van der Waals surface area contributed by atoms with Crippen LogP contribution in [0.1, 0.15) is 16.0 Å². The molecule has 0 bridgehead atoms. The van der Waals surface area contributed by atoms with E-state index >= 15 is 0 Å². The van der Waals surface area contributed by atoms with E-state index < -0.39 is 15.9 Å². The minimum Gasteiger partial charge on any atom is -0.493 e. The van der Waals surface area contributed by atoms with Crippen molar-refractivity contribution in [1.82, 2.24) is 9.73 Å². The lowest BCUT2D eigenvalue weighted by Crippen LogP contribution is -2.40. The lowest BCUT2D eigenvalue weighted by molar-refractivity contribution is -0.121. The van der Waals surface area contributed by atoms with Gasteiger partial charge in [0.2, 0.25) is 10.0 Å². The summed E-state index contributed by atoms with van der Waals surface area (Å²) in [5.41, 5.74) is 4.43. The third-order valence-corrected chi connectivity index (χ3v) is 7.87. The summed E-state index contributed by atoms with van der Waals surface area (Å²) >= 11 is 1.50. The number of rotatable bonds is 11. The van der Waals surface area contributed by atoms with E-state index in [9.17, 15) is 13.2 Å². The lowest BCUT2D eigenvalue weighted by atomic mass is 10.1. The summed E-state index contributed by atoms with van der Waals surface area (Å²) in [6.07, 6.45) is 1.99. The third kappa shape index (κ3) is 6.43. The molecule has 180 valence electrons. The van der Waals surface area contributed by atoms with E-state index in [-0.39, 0.29) is 23.7 Å². The number of methoxy groups -OCH3 is 2. The van der Waals surface area contributed by atoms with Crippen LogP contribution < -0.4 is 14.9 Å². The zero-order valence-corrected chi connectivity index (χ0v) is 20.9. The number of ether oxygens (including phenoxy) is 2. The molecule has 0 saturated carbocycles. The number of hydrazone groups is 1. The first-order valence-corrected chi connectivity index (χ1v) is 12.8. The number of hydrogen-bond acceptors (Lipinski definition) is 7. The highest BCUT2D eigenvalue weighted by Gasteiger charge is 2.27. The van der Waals surface area contributed by atoms with Crippen LogP contribution in [0, 0.1) is 6.92 Å². The number of nitrogens with zero attached hydrogens (tertiary/aromatic N) is 2. The molecule has 0 unspecified atom stereocenters. The molecule has 3 rings (SSSR count). The van der Waals surface area contributed by atoms with E-state index in [0.29, 0.717) is 12.2 Å². The highest BCUT2D eigenvalue weighted by molar-refractivity contribution is 7.89. The predicted molar refractivity (Wildman–Crippen MR) is 133 cm³/mol. The van der Waals surface area contributed by atoms with Crippen molar-refractivity contribution in [2.75, 3.05) is 27.3 Å². The molecule has 1 aromatic heterocycles. The average Bonchev–Trinajstić information content (AvgIpc) is 3.26. The van der Waals surface area contributed by atoms with Crippen molar-refractivity contribution in [2.24, 2.45) is 5.10 Å². The number of carbonyl (C=O) groups excluding carboxylic acids is 1. The summed E-state index contributed by atoms with van der Waals surface area (Å²) in [5, 5.41) is 5.91. The summed E-state index contributed by atoms with van der Waals surface area (Å²) < 4.78 is 38.6. The maximum absolute atomic E-state index is 13.5. The van der Waals surface area contributed by atoms with Gasteiger partial charge in [0.05, 0.1) is 31.9 Å². The smallest absolute Gasteiger partial charge is 0.255 e. The number of thiophene rings is 1. The van der Waals surface area contributed by atoms with E-state index in [1.807, 2.05) is 48.7 Å². The fourth-order valence-corrected chi connectivity index (χ4v) is 5.38. The van der Waals surface area contributed by atoms with Crippen LogP contribution in [-0.2, 0) is 21.2 Å². The van der Waals surface area contributed by atoms with Gasteiger partial charge in [-0.3, -0.25) is 4.79 Å². The summed E-state index contributed by atoms with van der Waals surface area (Å²) in [5.74, 6) is 0.155. The van der Waals surface area contributed by atoms with Gasteiger partial charge in [-0.15, -0.1) is 11.3 Å². The molecule has 0 spiro atoms. The lowest BCUT2D eigenvalue weighted by Gasteiger charge is -2.22. The van der Waals surface area contributed by atoms with Gasteiger partial charge in [-0.25, -0.2) is 13.8 Å². The Balaban J connectivity index is 1.81. The molecule has 1 heterocycles. The van der Waals surface area contributed by atoms with Gasteiger partial charge in [0.15, 0.2) is 11.5 Å². The second-order valence-corrected chi connectivity index (χ2v) is 10.2. The Kier molecular flexibility index (Phi) is 8.80. The van der Waals surface area contributed by atoms with Crippen molar-refractivity contribution < 1.29 is 22.7 Å². The highest BCUT2D eigenvalue weighted by Crippen LogP contribution is 2.30. The fourth-order valence-electron chi connectivity index (χ4n) is 3.18. The Morgan fingerprint density at radius 3 is 2.47 bits per heavy atom. The minimum atomic E-state index is -4.01. The number of nitrogens with one attached hydrogen (secondary N) is 1. The number of hydrogen-bond donors (Lipinski definition) is 1. The molecule has 8 nitrogen and oxygen atoms in total. The van der Waals surface area contributed by atoms with Gasteiger partial charge in [0, 0.05) is 17.5 Å². The van der Waals surface area contributed by atoms with E-state index in [1.165, 1.54) is 43.8 Å². The topological polar surface area (TPSA) is 97.3 Å². The van der Waals surface area contributed by atoms with E-state index in [2.05, 4.69) is 10.5 Å². The SMILES string of the molecule is COc1ccc(S(=O)(=O)N(CCc2ccccc2)CC(=O)N/N=C\c2sccc2C)cc1OC. The van der Waals surface area contributed by atoms with Crippen molar-refractivity contribution in [3.63, 3.8) is 0 Å². The van der Waals surface area contributed by atoms with Gasteiger partial charge < -0.3 is 9.47 Å². The van der Waals surface area contributed by atoms with Crippen molar-refractivity contribution in [3.8, 4) is 11.5 Å². The normalized spacial score (nSPS) is 11.6. The first kappa shape index (κ1) is 25.4. The number of amides is 1. The van der Waals surface area contributed by atoms with Gasteiger partial charge in [-0.1, -0.05) is 30.3 Å². The number of carbonyl (C=O) groups is 1. The molecule has 0 atom stereocenters. The number of benzene rings is 2. The molecule has 0 aliphatic rings. The summed E-state index contributed by atoms with van der Waals surface area (Å²) in [7, 11) is -1.11. The zero-order valence-electron chi connectivity index (χ0n) is 19.2. The van der Waals surface area contributed by atoms with E-state index in [4.69, 9.17) is 9.47 Å². The monoisotopic (exact) mass is 501 g/mol. The second-order valence-electron chi connectivity index (χ2n) is 7.35. The van der Waals surface area contributed by atoms with Crippen molar-refractivity contribution >= 4 is 33.5 Å². The van der Waals surface area contributed by atoms with Gasteiger partial charge in [0.1, 0.15) is 0 Å². The molecule has 0 aliphatic heterocycles. The quantitative estimate of drug-likeness (QED) is 0.321. The largest absolute Gasteiger partial charge is 0.493 e. The fraction of sp³-hybridized carbons (Fsp3) is 0.250. The zero-order chi connectivity index (χ0) is 24.6. The van der Waals surface area contributed by atoms with Gasteiger partial charge in [0.25, 0.3) is 5.91 Å². The molecular weight excluding hydrogens is 474 g/mol. The van der Waals surface area contributed by atoms with Crippen LogP contribution in [0.15, 0.2) is 70.0 Å². The van der Waals surface area contributed by atoms with E-state index in [1.54, 1.807) is 6.21 Å². The molecule has 0 radical (unpaired) electrons. The summed E-state index contributed by atoms with van der Waals surface area (Å²) in [6, 6.07) is 15.8. The standard InChI is InChI=1S/C24H27N3O5S2/c1-18-12-14-33-23(18)16-25-26-24(28)17-27(13-11-19-7-5-4-6-8-19)34(29,30)20-9-10-21(31-2)22(15-20)32-3/h4-10,12,14-16H,11,13,17H2,1-3H3,(H,26,28)/b25-16-. The molecule has 1 amide bonds. The molecule has 1 N–H and O–H groups in total. The Morgan fingerprint density at radius 2 is 1.82 bits per heavy atom. The molecular formula is C24H27N3O5S2. The Morgan fingerprint density at radius 1 is 1.09 bits per heavy atom. The Bertz CT molecular complexity index is 1240. The average molecular weight is 502 g/mol. The van der Waals surface area contributed by atoms with Crippen LogP contribution in [-0.4, -0.2) is 52.2 Å². The summed E-state index contributed by atoms with van der Waals surface area (Å²) in [4.78, 5) is 13.5. The predicted octanol–water partition coefficient (Wildman–Crippen LogP) is 3.46. The highest BCUT2D eigenvalue weighted by atomic mass is 32.2. The van der Waals surface area contributed by atoms with Crippen molar-refractivity contribution in [3.05, 3.63) is 76.0 Å². The van der Waals surface area contributed by atoms with Crippen LogP contribution in [0.4, 0.5) is 0 Å². The Labute approximate surface area is 203 Å². The molecule has 2 aromatic carbocycles. The molecule has 10 heteroatoms. The second kappa shape index (κ2) is 11.8. The van der Waals surface area contributed by atoms with Crippen LogP contribution >= 0.6 is 11.3 Å². The van der Waals surface area contributed by atoms with Crippen LogP contribution in [0.25, 0.3) is 0 Å². The first-order chi connectivity index (χ1) is 16.3.